The monoisotopic (exact) mass is 260 g/mol. The van der Waals surface area contributed by atoms with E-state index in [1.807, 2.05) is 24.3 Å². The SMILES string of the molecule is C=C(C(=O)O)c1ccc(CCCCCCCC)cc1. The number of aliphatic carboxylic acids is 1. The van der Waals surface area contributed by atoms with Crippen molar-refractivity contribution < 1.29 is 9.90 Å². The van der Waals surface area contributed by atoms with Crippen molar-refractivity contribution in [2.75, 3.05) is 0 Å². The maximum absolute atomic E-state index is 10.8. The molecule has 0 atom stereocenters. The average Bonchev–Trinajstić information content (AvgIpc) is 2.42. The van der Waals surface area contributed by atoms with Gasteiger partial charge in [-0.15, -0.1) is 0 Å². The molecule has 0 spiro atoms. The van der Waals surface area contributed by atoms with Crippen LogP contribution >= 0.6 is 0 Å². The molecule has 1 aromatic rings. The molecule has 1 rings (SSSR count). The molecule has 1 aromatic carbocycles. The van der Waals surface area contributed by atoms with Crippen LogP contribution in [-0.4, -0.2) is 11.1 Å². The summed E-state index contributed by atoms with van der Waals surface area (Å²) in [6.07, 6.45) is 8.86. The smallest absolute Gasteiger partial charge is 0.335 e. The number of aryl methyl sites for hydroxylation is 1. The van der Waals surface area contributed by atoms with Gasteiger partial charge in [0.15, 0.2) is 0 Å². The second kappa shape index (κ2) is 8.52. The lowest BCUT2D eigenvalue weighted by atomic mass is 10.0. The van der Waals surface area contributed by atoms with E-state index in [0.717, 1.165) is 6.42 Å². The van der Waals surface area contributed by atoms with Gasteiger partial charge in [0.2, 0.25) is 0 Å². The molecule has 0 aromatic heterocycles. The number of hydrogen-bond acceptors (Lipinski definition) is 1. The van der Waals surface area contributed by atoms with Crippen LogP contribution in [0.4, 0.5) is 0 Å². The van der Waals surface area contributed by atoms with E-state index >= 15 is 0 Å². The Morgan fingerprint density at radius 3 is 2.21 bits per heavy atom. The fourth-order valence-electron chi connectivity index (χ4n) is 2.11. The molecule has 0 aliphatic carbocycles. The Labute approximate surface area is 116 Å². The van der Waals surface area contributed by atoms with E-state index in [0.29, 0.717) is 5.56 Å². The highest BCUT2D eigenvalue weighted by Gasteiger charge is 2.06. The third-order valence-corrected chi connectivity index (χ3v) is 3.38. The first-order valence-corrected chi connectivity index (χ1v) is 7.16. The number of carboxylic acid groups (broad SMARTS) is 1. The van der Waals surface area contributed by atoms with Crippen LogP contribution in [0.15, 0.2) is 30.8 Å². The van der Waals surface area contributed by atoms with Crippen molar-refractivity contribution in [3.8, 4) is 0 Å². The molecule has 1 N–H and O–H groups in total. The first-order chi connectivity index (χ1) is 9.15. The van der Waals surface area contributed by atoms with Gasteiger partial charge < -0.3 is 5.11 Å². The number of carboxylic acids is 1. The van der Waals surface area contributed by atoms with E-state index in [9.17, 15) is 4.79 Å². The summed E-state index contributed by atoms with van der Waals surface area (Å²) in [7, 11) is 0. The largest absolute Gasteiger partial charge is 0.478 e. The van der Waals surface area contributed by atoms with Gasteiger partial charge in [0.25, 0.3) is 0 Å². The van der Waals surface area contributed by atoms with Gasteiger partial charge >= 0.3 is 5.97 Å². The minimum Gasteiger partial charge on any atom is -0.478 e. The molecule has 2 heteroatoms. The van der Waals surface area contributed by atoms with Crippen molar-refractivity contribution in [1.29, 1.82) is 0 Å². The zero-order chi connectivity index (χ0) is 14.1. The zero-order valence-electron chi connectivity index (χ0n) is 11.8. The average molecular weight is 260 g/mol. The lowest BCUT2D eigenvalue weighted by Gasteiger charge is -2.04. The number of hydrogen-bond donors (Lipinski definition) is 1. The van der Waals surface area contributed by atoms with Crippen LogP contribution in [0, 0.1) is 0 Å². The van der Waals surface area contributed by atoms with E-state index in [1.54, 1.807) is 0 Å². The molecule has 0 aliphatic rings. The predicted molar refractivity (Wildman–Crippen MR) is 80.2 cm³/mol. The van der Waals surface area contributed by atoms with Gasteiger partial charge in [0, 0.05) is 0 Å². The topological polar surface area (TPSA) is 37.3 Å². The number of benzene rings is 1. The van der Waals surface area contributed by atoms with Crippen LogP contribution in [0.2, 0.25) is 0 Å². The number of carbonyl (C=O) groups is 1. The molecular formula is C17H24O2. The molecule has 0 bridgehead atoms. The molecule has 0 saturated carbocycles. The van der Waals surface area contributed by atoms with E-state index in [1.165, 1.54) is 44.1 Å². The van der Waals surface area contributed by atoms with Gasteiger partial charge in [-0.25, -0.2) is 4.79 Å². The molecule has 2 nitrogen and oxygen atoms in total. The molecule has 0 aliphatic heterocycles. The Bertz CT molecular complexity index is 404. The maximum Gasteiger partial charge on any atom is 0.335 e. The standard InChI is InChI=1S/C17H24O2/c1-3-4-5-6-7-8-9-15-10-12-16(13-11-15)14(2)17(18)19/h10-13H,2-9H2,1H3,(H,18,19). The summed E-state index contributed by atoms with van der Waals surface area (Å²) in [5, 5.41) is 8.85. The molecule has 0 unspecified atom stereocenters. The van der Waals surface area contributed by atoms with Gasteiger partial charge in [0.05, 0.1) is 5.57 Å². The molecule has 104 valence electrons. The molecular weight excluding hydrogens is 236 g/mol. The predicted octanol–water partition coefficient (Wildman–Crippen LogP) is 4.69. The highest BCUT2D eigenvalue weighted by Crippen LogP contribution is 2.15. The lowest BCUT2D eigenvalue weighted by molar-refractivity contribution is -0.130. The van der Waals surface area contributed by atoms with Crippen molar-refractivity contribution in [2.24, 2.45) is 0 Å². The Kier molecular flexibility index (Phi) is 6.94. The molecule has 0 radical (unpaired) electrons. The van der Waals surface area contributed by atoms with E-state index < -0.39 is 5.97 Å². The quantitative estimate of drug-likeness (QED) is 0.516. The van der Waals surface area contributed by atoms with Crippen LogP contribution in [0.5, 0.6) is 0 Å². The summed E-state index contributed by atoms with van der Waals surface area (Å²) >= 11 is 0. The van der Waals surface area contributed by atoms with Crippen molar-refractivity contribution in [3.05, 3.63) is 42.0 Å². The third-order valence-electron chi connectivity index (χ3n) is 3.38. The Balaban J connectivity index is 2.32. The normalized spacial score (nSPS) is 10.4. The minimum atomic E-state index is -0.955. The van der Waals surface area contributed by atoms with Crippen LogP contribution in [0.3, 0.4) is 0 Å². The minimum absolute atomic E-state index is 0.158. The van der Waals surface area contributed by atoms with Crippen LogP contribution < -0.4 is 0 Å². The maximum atomic E-state index is 10.8. The summed E-state index contributed by atoms with van der Waals surface area (Å²) in [5.41, 5.74) is 2.13. The van der Waals surface area contributed by atoms with Crippen LogP contribution in [0.25, 0.3) is 5.57 Å². The molecule has 0 fully saturated rings. The first kappa shape index (κ1) is 15.5. The van der Waals surface area contributed by atoms with Crippen molar-refractivity contribution in [3.63, 3.8) is 0 Å². The van der Waals surface area contributed by atoms with E-state index in [4.69, 9.17) is 5.11 Å². The van der Waals surface area contributed by atoms with Gasteiger partial charge in [-0.3, -0.25) is 0 Å². The molecule has 0 saturated heterocycles. The molecule has 19 heavy (non-hydrogen) atoms. The lowest BCUT2D eigenvalue weighted by Crippen LogP contribution is -1.98. The third kappa shape index (κ3) is 5.73. The van der Waals surface area contributed by atoms with Crippen molar-refractivity contribution in [1.82, 2.24) is 0 Å². The Hall–Kier alpha value is -1.57. The highest BCUT2D eigenvalue weighted by molar-refractivity contribution is 6.14. The first-order valence-electron chi connectivity index (χ1n) is 7.16. The Morgan fingerprint density at radius 1 is 1.05 bits per heavy atom. The summed E-state index contributed by atoms with van der Waals surface area (Å²) in [4.78, 5) is 10.8. The van der Waals surface area contributed by atoms with Crippen molar-refractivity contribution >= 4 is 11.5 Å². The summed E-state index contributed by atoms with van der Waals surface area (Å²) < 4.78 is 0. The van der Waals surface area contributed by atoms with Gasteiger partial charge in [-0.05, 0) is 24.0 Å². The molecule has 0 amide bonds. The second-order valence-electron chi connectivity index (χ2n) is 5.00. The van der Waals surface area contributed by atoms with Gasteiger partial charge in [-0.1, -0.05) is 69.9 Å². The van der Waals surface area contributed by atoms with Crippen LogP contribution in [-0.2, 0) is 11.2 Å². The van der Waals surface area contributed by atoms with Gasteiger partial charge in [0.1, 0.15) is 0 Å². The summed E-state index contributed by atoms with van der Waals surface area (Å²) in [6.45, 7) is 5.79. The van der Waals surface area contributed by atoms with E-state index in [-0.39, 0.29) is 5.57 Å². The summed E-state index contributed by atoms with van der Waals surface area (Å²) in [5.74, 6) is -0.955. The highest BCUT2D eigenvalue weighted by atomic mass is 16.4. The number of unbranched alkanes of at least 4 members (excludes halogenated alkanes) is 5. The Morgan fingerprint density at radius 2 is 1.63 bits per heavy atom. The van der Waals surface area contributed by atoms with Crippen molar-refractivity contribution in [2.45, 2.75) is 51.9 Å². The number of rotatable bonds is 9. The van der Waals surface area contributed by atoms with Crippen LogP contribution in [0.1, 0.15) is 56.6 Å². The summed E-state index contributed by atoms with van der Waals surface area (Å²) in [6, 6.07) is 7.72. The zero-order valence-corrected chi connectivity index (χ0v) is 11.8. The fourth-order valence-corrected chi connectivity index (χ4v) is 2.11. The van der Waals surface area contributed by atoms with E-state index in [2.05, 4.69) is 13.5 Å². The second-order valence-corrected chi connectivity index (χ2v) is 5.00. The molecule has 0 heterocycles. The van der Waals surface area contributed by atoms with Gasteiger partial charge in [-0.2, -0.15) is 0 Å². The fraction of sp³-hybridized carbons (Fsp3) is 0.471.